The second-order valence-electron chi connectivity index (χ2n) is 13.9. The van der Waals surface area contributed by atoms with Crippen molar-refractivity contribution in [2.24, 2.45) is 0 Å². The summed E-state index contributed by atoms with van der Waals surface area (Å²) >= 11 is 0. The second kappa shape index (κ2) is 19.4. The van der Waals surface area contributed by atoms with E-state index in [2.05, 4.69) is 0 Å². The third kappa shape index (κ3) is 12.3. The summed E-state index contributed by atoms with van der Waals surface area (Å²) < 4.78 is 169. The van der Waals surface area contributed by atoms with Crippen molar-refractivity contribution < 1.29 is 69.8 Å². The zero-order valence-electron chi connectivity index (χ0n) is 29.7. The number of benzene rings is 2. The van der Waals surface area contributed by atoms with Crippen LogP contribution in [-0.4, -0.2) is 17.0 Å². The molecule has 2 aromatic carbocycles. The molecule has 0 amide bonds. The summed E-state index contributed by atoms with van der Waals surface area (Å²) in [5.41, 5.74) is -6.14. The van der Waals surface area contributed by atoms with Gasteiger partial charge in [0.25, 0.3) is 0 Å². The summed E-state index contributed by atoms with van der Waals surface area (Å²) in [5, 5.41) is -1.27. The first kappa shape index (κ1) is 46.7. The second-order valence-corrected chi connectivity index (χ2v) is 19.2. The van der Waals surface area contributed by atoms with E-state index in [0.717, 1.165) is 64.2 Å². The maximum Gasteiger partial charge on any atom is 0.416 e. The smallest absolute Gasteiger partial charge is 0.166 e. The SMILES string of the molecule is C[C@H]([C]1[CH][CH][CH][C]1P(c1cc(C(F)(F)F)cc(C(F)(F)F)c1)c1cc(C(F)(F)F)cc(C(F)(F)F)c1)P(C1CCCCC1)C1CCCCC1.[CH]1[CH][CH][CH][CH]1.[Fe]. The Morgan fingerprint density at radius 1 is 0.473 bits per heavy atom. The van der Waals surface area contributed by atoms with E-state index < -0.39 is 73.4 Å². The Balaban J connectivity index is 0.00000104. The molecule has 302 valence electrons. The fourth-order valence-corrected chi connectivity index (χ4v) is 14.8. The summed E-state index contributed by atoms with van der Waals surface area (Å²) in [6, 6.07) is 1.54. The molecule has 6 rings (SSSR count). The monoisotopic (exact) mass is 866 g/mol. The molecule has 4 saturated carbocycles. The Morgan fingerprint density at radius 2 is 0.800 bits per heavy atom. The van der Waals surface area contributed by atoms with E-state index in [1.165, 1.54) is 6.42 Å². The van der Waals surface area contributed by atoms with Gasteiger partial charge < -0.3 is 0 Å². The summed E-state index contributed by atoms with van der Waals surface area (Å²) in [7, 11) is -3.56. The van der Waals surface area contributed by atoms with Crippen LogP contribution in [-0.2, 0) is 41.8 Å². The van der Waals surface area contributed by atoms with Crippen molar-refractivity contribution in [3.63, 3.8) is 0 Å². The molecule has 55 heavy (non-hydrogen) atoms. The van der Waals surface area contributed by atoms with Crippen molar-refractivity contribution in [3.05, 3.63) is 122 Å². The van der Waals surface area contributed by atoms with Gasteiger partial charge in [0.2, 0.25) is 0 Å². The minimum Gasteiger partial charge on any atom is -0.166 e. The van der Waals surface area contributed by atoms with Gasteiger partial charge in [-0.1, -0.05) is 53.4 Å². The minimum absolute atomic E-state index is 0. The normalized spacial score (nSPS) is 20.8. The van der Waals surface area contributed by atoms with Gasteiger partial charge in [-0.3, -0.25) is 0 Å². The molecule has 4 fully saturated rings. The third-order valence-corrected chi connectivity index (χ3v) is 16.5. The van der Waals surface area contributed by atoms with Gasteiger partial charge in [-0.25, -0.2) is 0 Å². The third-order valence-electron chi connectivity index (χ3n) is 10.2. The molecule has 1 atom stereocenters. The molecular weight excluding hydrogens is 826 g/mol. The van der Waals surface area contributed by atoms with E-state index in [1.54, 1.807) is 12.8 Å². The maximum atomic E-state index is 14.1. The van der Waals surface area contributed by atoms with E-state index >= 15 is 0 Å². The molecule has 4 aliphatic carbocycles. The zero-order chi connectivity index (χ0) is 39.5. The molecule has 0 heterocycles. The van der Waals surface area contributed by atoms with E-state index in [1.807, 2.05) is 39.0 Å². The molecule has 4 aliphatic rings. The van der Waals surface area contributed by atoms with Crippen molar-refractivity contribution in [2.75, 3.05) is 0 Å². The van der Waals surface area contributed by atoms with E-state index in [0.29, 0.717) is 41.5 Å². The molecular formula is C40H40F12FeP2. The van der Waals surface area contributed by atoms with E-state index in [4.69, 9.17) is 0 Å². The number of alkyl halides is 12. The van der Waals surface area contributed by atoms with Gasteiger partial charge in [0, 0.05) is 22.7 Å². The molecule has 15 heteroatoms. The summed E-state index contributed by atoms with van der Waals surface area (Å²) in [5.74, 6) is 0.560. The Kier molecular flexibility index (Phi) is 16.4. The summed E-state index contributed by atoms with van der Waals surface area (Å²) in [4.78, 5) is 0. The van der Waals surface area contributed by atoms with Crippen molar-refractivity contribution in [2.45, 2.75) is 113 Å². The van der Waals surface area contributed by atoms with Crippen LogP contribution in [0.2, 0.25) is 0 Å². The molecule has 0 spiro atoms. The predicted molar refractivity (Wildman–Crippen MR) is 190 cm³/mol. The van der Waals surface area contributed by atoms with Gasteiger partial charge in [0.15, 0.2) is 0 Å². The average Bonchev–Trinajstić information content (AvgIpc) is 3.84. The predicted octanol–water partition coefficient (Wildman–Crippen LogP) is 13.5. The Labute approximate surface area is 329 Å². The Bertz CT molecular complexity index is 1340. The fraction of sp³-hybridized carbons (Fsp3) is 0.450. The van der Waals surface area contributed by atoms with Crippen LogP contribution in [0.25, 0.3) is 0 Å². The van der Waals surface area contributed by atoms with Crippen molar-refractivity contribution in [3.8, 4) is 0 Å². The van der Waals surface area contributed by atoms with E-state index in [9.17, 15) is 52.7 Å². The van der Waals surface area contributed by atoms with Crippen LogP contribution in [0.3, 0.4) is 0 Å². The zero-order valence-corrected chi connectivity index (χ0v) is 32.6. The summed E-state index contributed by atoms with van der Waals surface area (Å²) in [6.45, 7) is 1.96. The first-order valence-electron chi connectivity index (χ1n) is 17.8. The number of hydrogen-bond acceptors (Lipinski definition) is 0. The first-order chi connectivity index (χ1) is 25.2. The standard InChI is InChI=1S/C35H35F12P2.C5H5.Fe/c1-21(48(26-9-4-2-5-10-26)27-11-6-3-7-12-27)30-13-8-14-31(30)49(28-17-22(32(36,37)38)15-23(18-28)33(39,40)41)29-19-24(34(42,43)44)16-25(20-29)35(45,46)47;1-2-4-5-3-1;/h8,13-21,26-27H,2-7,9-12H2,1H3;1-5H;/t21-;;/m1../s1. The van der Waals surface area contributed by atoms with Gasteiger partial charge >= 0.3 is 24.7 Å². The van der Waals surface area contributed by atoms with Gasteiger partial charge in [0.1, 0.15) is 0 Å². The van der Waals surface area contributed by atoms with Gasteiger partial charge in [-0.2, -0.15) is 52.7 Å². The van der Waals surface area contributed by atoms with Crippen LogP contribution in [0.15, 0.2) is 36.4 Å². The minimum atomic E-state index is -5.28. The molecule has 0 nitrogen and oxygen atoms in total. The van der Waals surface area contributed by atoms with Crippen molar-refractivity contribution >= 4 is 26.5 Å². The van der Waals surface area contributed by atoms with Crippen LogP contribution in [0.1, 0.15) is 93.4 Å². The molecule has 10 radical (unpaired) electrons. The molecule has 0 bridgehead atoms. The van der Waals surface area contributed by atoms with Crippen LogP contribution >= 0.6 is 15.8 Å². The average molecular weight is 867 g/mol. The van der Waals surface area contributed by atoms with Gasteiger partial charge in [-0.15, -0.1) is 0 Å². The number of hydrogen-bond donors (Lipinski definition) is 0. The van der Waals surface area contributed by atoms with Crippen LogP contribution < -0.4 is 10.6 Å². The Morgan fingerprint density at radius 3 is 1.11 bits per heavy atom. The maximum absolute atomic E-state index is 14.1. The van der Waals surface area contributed by atoms with Crippen LogP contribution in [0, 0.1) is 62.9 Å². The quantitative estimate of drug-likeness (QED) is 0.148. The molecule has 0 aliphatic heterocycles. The van der Waals surface area contributed by atoms with Gasteiger partial charge in [0.05, 0.1) is 22.3 Å². The Hall–Kier alpha value is -1.02. The van der Waals surface area contributed by atoms with E-state index in [-0.39, 0.29) is 40.5 Å². The molecule has 0 N–H and O–H groups in total. The number of halogens is 12. The van der Waals surface area contributed by atoms with Gasteiger partial charge in [-0.05, 0) is 155 Å². The van der Waals surface area contributed by atoms with Crippen LogP contribution in [0.5, 0.6) is 0 Å². The topological polar surface area (TPSA) is 0 Å². The molecule has 0 aromatic heterocycles. The summed E-state index contributed by atoms with van der Waals surface area (Å²) in [6.07, 6.45) is 3.73. The number of rotatable bonds is 7. The van der Waals surface area contributed by atoms with Crippen LogP contribution in [0.4, 0.5) is 52.7 Å². The fourth-order valence-electron chi connectivity index (χ4n) is 7.71. The molecule has 2 aromatic rings. The molecule has 0 saturated heterocycles. The van der Waals surface area contributed by atoms with Crippen molar-refractivity contribution in [1.29, 1.82) is 0 Å². The largest absolute Gasteiger partial charge is 0.416 e. The van der Waals surface area contributed by atoms with Crippen molar-refractivity contribution in [1.82, 2.24) is 0 Å². The molecule has 0 unspecified atom stereocenters. The first-order valence-corrected chi connectivity index (χ1v) is 20.7.